The Hall–Kier alpha value is -3.09. The van der Waals surface area contributed by atoms with E-state index in [-0.39, 0.29) is 22.4 Å². The van der Waals surface area contributed by atoms with E-state index in [0.29, 0.717) is 44.8 Å². The minimum atomic E-state index is -0.356. The molecule has 1 heterocycles. The average Bonchev–Trinajstić information content (AvgIpc) is 2.74. The van der Waals surface area contributed by atoms with Crippen molar-refractivity contribution in [2.75, 3.05) is 31.1 Å². The number of ether oxygens (including phenoxy) is 1. The lowest BCUT2D eigenvalue weighted by Crippen LogP contribution is -2.41. The normalized spacial score (nSPS) is 14.5. The van der Waals surface area contributed by atoms with E-state index in [2.05, 4.69) is 5.32 Å². The summed E-state index contributed by atoms with van der Waals surface area (Å²) in [5.74, 6) is 0.840. The molecule has 1 N–H and O–H groups in total. The fourth-order valence-electron chi connectivity index (χ4n) is 3.40. The van der Waals surface area contributed by atoms with Crippen LogP contribution in [0.3, 0.4) is 0 Å². The molecular weight excluding hydrogens is 358 g/mol. The molecule has 0 aromatic heterocycles. The van der Waals surface area contributed by atoms with Gasteiger partial charge in [-0.05, 0) is 37.5 Å². The van der Waals surface area contributed by atoms with Gasteiger partial charge < -0.3 is 15.0 Å². The zero-order chi connectivity index (χ0) is 19.8. The number of hydrogen-bond donors (Lipinski definition) is 1. The van der Waals surface area contributed by atoms with E-state index in [1.165, 1.54) is 6.07 Å². The summed E-state index contributed by atoms with van der Waals surface area (Å²) >= 11 is 0. The summed E-state index contributed by atoms with van der Waals surface area (Å²) in [6.45, 7) is 2.41. The van der Waals surface area contributed by atoms with E-state index in [0.717, 1.165) is 12.2 Å². The zero-order valence-electron chi connectivity index (χ0n) is 15.8. The first-order valence-electron chi connectivity index (χ1n) is 9.59. The molecular formula is C21H25N3O4. The molecule has 0 atom stereocenters. The molecule has 0 unspecified atom stereocenters. The fourth-order valence-corrected chi connectivity index (χ4v) is 3.40. The van der Waals surface area contributed by atoms with E-state index < -0.39 is 0 Å². The Bertz CT molecular complexity index is 789. The number of nitrogens with zero attached hydrogens (tertiary/aromatic N) is 2. The first-order chi connectivity index (χ1) is 13.6. The lowest BCUT2D eigenvalue weighted by atomic mass is 9.95. The first-order valence-corrected chi connectivity index (χ1v) is 9.59. The number of piperidine rings is 1. The maximum atomic E-state index is 12.4. The molecule has 0 saturated carbocycles. The molecule has 2 aromatic carbocycles. The second-order valence-electron chi connectivity index (χ2n) is 6.81. The summed E-state index contributed by atoms with van der Waals surface area (Å²) in [7, 11) is 0. The van der Waals surface area contributed by atoms with Crippen LogP contribution in [-0.4, -0.2) is 37.1 Å². The summed E-state index contributed by atoms with van der Waals surface area (Å²) < 4.78 is 5.61. The van der Waals surface area contributed by atoms with E-state index in [1.54, 1.807) is 18.2 Å². The van der Waals surface area contributed by atoms with Crippen molar-refractivity contribution < 1.29 is 14.5 Å². The van der Waals surface area contributed by atoms with Gasteiger partial charge in [0.25, 0.3) is 5.69 Å². The molecule has 7 nitrogen and oxygen atoms in total. The molecule has 1 amide bonds. The van der Waals surface area contributed by atoms with Crippen molar-refractivity contribution in [2.24, 2.45) is 5.92 Å². The minimum absolute atomic E-state index is 0.0472. The van der Waals surface area contributed by atoms with Crippen LogP contribution in [0.2, 0.25) is 0 Å². The third kappa shape index (κ3) is 5.22. The van der Waals surface area contributed by atoms with Crippen molar-refractivity contribution in [2.45, 2.75) is 19.3 Å². The minimum Gasteiger partial charge on any atom is -0.494 e. The molecule has 3 rings (SSSR count). The number of para-hydroxylation sites is 3. The Labute approximate surface area is 164 Å². The highest BCUT2D eigenvalue weighted by atomic mass is 16.6. The van der Waals surface area contributed by atoms with Crippen molar-refractivity contribution in [3.8, 4) is 5.75 Å². The fraction of sp³-hybridized carbons (Fsp3) is 0.381. The van der Waals surface area contributed by atoms with Crippen LogP contribution in [-0.2, 0) is 4.79 Å². The number of nitro benzene ring substituents is 1. The van der Waals surface area contributed by atoms with Crippen LogP contribution in [0.5, 0.6) is 5.75 Å². The molecule has 0 radical (unpaired) electrons. The van der Waals surface area contributed by atoms with Crippen LogP contribution in [0, 0.1) is 16.0 Å². The van der Waals surface area contributed by atoms with Gasteiger partial charge in [-0.2, -0.15) is 0 Å². The van der Waals surface area contributed by atoms with E-state index >= 15 is 0 Å². The van der Waals surface area contributed by atoms with Crippen molar-refractivity contribution in [1.82, 2.24) is 5.32 Å². The molecule has 0 bridgehead atoms. The molecule has 148 valence electrons. The van der Waals surface area contributed by atoms with Crippen LogP contribution < -0.4 is 15.0 Å². The van der Waals surface area contributed by atoms with E-state index in [1.807, 2.05) is 35.2 Å². The largest absolute Gasteiger partial charge is 0.494 e. The van der Waals surface area contributed by atoms with E-state index in [4.69, 9.17) is 4.74 Å². The Balaban J connectivity index is 1.39. The number of anilines is 1. The number of rotatable bonds is 8. The van der Waals surface area contributed by atoms with Gasteiger partial charge in [-0.1, -0.05) is 30.3 Å². The number of nitro groups is 1. The summed E-state index contributed by atoms with van der Waals surface area (Å²) in [5, 5.41) is 14.2. The molecule has 7 heteroatoms. The molecule has 1 saturated heterocycles. The van der Waals surface area contributed by atoms with Gasteiger partial charge in [0.05, 0.1) is 11.5 Å². The van der Waals surface area contributed by atoms with Gasteiger partial charge in [0, 0.05) is 31.6 Å². The van der Waals surface area contributed by atoms with Gasteiger partial charge in [0.2, 0.25) is 5.91 Å². The highest BCUT2D eigenvalue weighted by Gasteiger charge is 2.27. The molecule has 1 fully saturated rings. The number of hydrogen-bond acceptors (Lipinski definition) is 5. The Morgan fingerprint density at radius 3 is 2.50 bits per heavy atom. The predicted molar refractivity (Wildman–Crippen MR) is 108 cm³/mol. The van der Waals surface area contributed by atoms with Gasteiger partial charge in [0.1, 0.15) is 11.4 Å². The number of nitrogens with one attached hydrogen (secondary N) is 1. The van der Waals surface area contributed by atoms with Crippen LogP contribution in [0.1, 0.15) is 19.3 Å². The lowest BCUT2D eigenvalue weighted by molar-refractivity contribution is -0.384. The van der Waals surface area contributed by atoms with Gasteiger partial charge in [-0.15, -0.1) is 0 Å². The second-order valence-corrected chi connectivity index (χ2v) is 6.81. The van der Waals surface area contributed by atoms with Crippen LogP contribution in [0.15, 0.2) is 54.6 Å². The molecule has 1 aliphatic rings. The van der Waals surface area contributed by atoms with E-state index in [9.17, 15) is 14.9 Å². The highest BCUT2D eigenvalue weighted by Crippen LogP contribution is 2.31. The smallest absolute Gasteiger partial charge is 0.292 e. The zero-order valence-corrected chi connectivity index (χ0v) is 15.8. The predicted octanol–water partition coefficient (Wildman–Crippen LogP) is 3.40. The van der Waals surface area contributed by atoms with Crippen LogP contribution in [0.25, 0.3) is 0 Å². The highest BCUT2D eigenvalue weighted by molar-refractivity contribution is 5.79. The number of carbonyl (C=O) groups excluding carboxylic acids is 1. The lowest BCUT2D eigenvalue weighted by Gasteiger charge is -2.32. The van der Waals surface area contributed by atoms with Crippen molar-refractivity contribution in [1.29, 1.82) is 0 Å². The van der Waals surface area contributed by atoms with Gasteiger partial charge in [0.15, 0.2) is 0 Å². The Morgan fingerprint density at radius 1 is 1.11 bits per heavy atom. The number of benzene rings is 2. The SMILES string of the molecule is O=C(NCCCOc1ccccc1)C1CCN(c2ccccc2[N+](=O)[O-])CC1. The standard InChI is InChI=1S/C21H25N3O4/c25-21(22-13-6-16-28-18-7-2-1-3-8-18)17-11-14-23(15-12-17)19-9-4-5-10-20(19)24(26)27/h1-5,7-10,17H,6,11-16H2,(H,22,25). The topological polar surface area (TPSA) is 84.7 Å². The molecule has 1 aliphatic heterocycles. The van der Waals surface area contributed by atoms with Gasteiger partial charge in [-0.25, -0.2) is 0 Å². The quantitative estimate of drug-likeness (QED) is 0.429. The summed E-state index contributed by atoms with van der Waals surface area (Å²) in [4.78, 5) is 25.2. The Morgan fingerprint density at radius 2 is 1.79 bits per heavy atom. The summed E-state index contributed by atoms with van der Waals surface area (Å²) in [6.07, 6.45) is 2.13. The Kier molecular flexibility index (Phi) is 6.84. The van der Waals surface area contributed by atoms with Crippen molar-refractivity contribution in [3.05, 3.63) is 64.7 Å². The van der Waals surface area contributed by atoms with Crippen LogP contribution in [0.4, 0.5) is 11.4 Å². The van der Waals surface area contributed by atoms with Gasteiger partial charge in [-0.3, -0.25) is 14.9 Å². The summed E-state index contributed by atoms with van der Waals surface area (Å²) in [5.41, 5.74) is 0.744. The first kappa shape index (κ1) is 19.7. The van der Waals surface area contributed by atoms with Gasteiger partial charge >= 0.3 is 0 Å². The van der Waals surface area contributed by atoms with Crippen molar-refractivity contribution in [3.63, 3.8) is 0 Å². The molecule has 28 heavy (non-hydrogen) atoms. The average molecular weight is 383 g/mol. The molecule has 2 aromatic rings. The molecule has 0 aliphatic carbocycles. The third-order valence-corrected chi connectivity index (χ3v) is 4.92. The third-order valence-electron chi connectivity index (χ3n) is 4.92. The maximum absolute atomic E-state index is 12.4. The summed E-state index contributed by atoms with van der Waals surface area (Å²) in [6, 6.07) is 16.4. The number of carbonyl (C=O) groups is 1. The van der Waals surface area contributed by atoms with Crippen LogP contribution >= 0.6 is 0 Å². The number of amides is 1. The monoisotopic (exact) mass is 383 g/mol. The molecule has 0 spiro atoms. The second kappa shape index (κ2) is 9.73. The van der Waals surface area contributed by atoms with Crippen molar-refractivity contribution >= 4 is 17.3 Å². The maximum Gasteiger partial charge on any atom is 0.292 e.